The molecule has 0 N–H and O–H groups in total. The monoisotopic (exact) mass is 433 g/mol. The van der Waals surface area contributed by atoms with E-state index in [0.29, 0.717) is 42.5 Å². The summed E-state index contributed by atoms with van der Waals surface area (Å²) in [5.74, 6) is 0.395. The van der Waals surface area contributed by atoms with Crippen LogP contribution in [0.4, 0.5) is 19.0 Å². The van der Waals surface area contributed by atoms with E-state index in [0.717, 1.165) is 12.3 Å². The van der Waals surface area contributed by atoms with Gasteiger partial charge in [-0.05, 0) is 43.2 Å². The highest BCUT2D eigenvalue weighted by Crippen LogP contribution is 2.30. The van der Waals surface area contributed by atoms with Crippen molar-refractivity contribution in [1.82, 2.24) is 9.29 Å². The second-order valence-electron chi connectivity index (χ2n) is 6.51. The largest absolute Gasteiger partial charge is 0.417 e. The Kier molecular flexibility index (Phi) is 5.88. The molecule has 3 rings (SSSR count). The van der Waals surface area contributed by atoms with Gasteiger partial charge in [-0.3, -0.25) is 0 Å². The number of pyridine rings is 1. The van der Waals surface area contributed by atoms with Gasteiger partial charge in [-0.2, -0.15) is 17.5 Å². The van der Waals surface area contributed by atoms with Gasteiger partial charge in [0.15, 0.2) is 0 Å². The quantitative estimate of drug-likeness (QED) is 0.735. The topological polar surface area (TPSA) is 53.5 Å². The number of nitrogens with zero attached hydrogens (tertiary/aromatic N) is 3. The normalized spacial score (nSPS) is 16.8. The summed E-state index contributed by atoms with van der Waals surface area (Å²) in [5.41, 5.74) is -0.318. The highest BCUT2D eigenvalue weighted by molar-refractivity contribution is 7.89. The van der Waals surface area contributed by atoms with E-state index >= 15 is 0 Å². The minimum absolute atomic E-state index is 0.168. The molecule has 0 saturated carbocycles. The summed E-state index contributed by atoms with van der Waals surface area (Å²) < 4.78 is 65.5. The fraction of sp³-hybridized carbons (Fsp3) is 0.389. The molecule has 0 unspecified atom stereocenters. The molecule has 28 heavy (non-hydrogen) atoms. The second-order valence-corrected chi connectivity index (χ2v) is 8.82. The van der Waals surface area contributed by atoms with Crippen LogP contribution >= 0.6 is 11.6 Å². The van der Waals surface area contributed by atoms with Crippen LogP contribution in [0.5, 0.6) is 0 Å². The van der Waals surface area contributed by atoms with Gasteiger partial charge in [-0.1, -0.05) is 17.7 Å². The molecule has 0 bridgehead atoms. The fourth-order valence-corrected chi connectivity index (χ4v) is 5.06. The molecule has 0 amide bonds. The molecule has 0 atom stereocenters. The molecule has 2 aromatic rings. The van der Waals surface area contributed by atoms with Gasteiger partial charge in [-0.25, -0.2) is 13.4 Å². The summed E-state index contributed by atoms with van der Waals surface area (Å²) in [4.78, 5) is 5.86. The van der Waals surface area contributed by atoms with Crippen LogP contribution in [0, 0.1) is 6.92 Å². The van der Waals surface area contributed by atoms with Gasteiger partial charge in [0.25, 0.3) is 0 Å². The van der Waals surface area contributed by atoms with Crippen molar-refractivity contribution in [2.75, 3.05) is 31.1 Å². The van der Waals surface area contributed by atoms with Crippen LogP contribution in [0.25, 0.3) is 0 Å². The lowest BCUT2D eigenvalue weighted by molar-refractivity contribution is -0.137. The number of hydrogen-bond donors (Lipinski definition) is 0. The lowest BCUT2D eigenvalue weighted by Crippen LogP contribution is -2.35. The Bertz CT molecular complexity index is 950. The third-order valence-corrected chi connectivity index (χ3v) is 7.14. The number of alkyl halides is 3. The molecule has 152 valence electrons. The molecule has 5 nitrogen and oxygen atoms in total. The number of anilines is 1. The molecule has 1 aliphatic rings. The maximum Gasteiger partial charge on any atom is 0.417 e. The average molecular weight is 434 g/mol. The van der Waals surface area contributed by atoms with Crippen molar-refractivity contribution in [1.29, 1.82) is 0 Å². The molecule has 1 aromatic carbocycles. The molecule has 10 heteroatoms. The Morgan fingerprint density at radius 3 is 2.46 bits per heavy atom. The predicted octanol–water partition coefficient (Wildman–Crippen LogP) is 3.96. The van der Waals surface area contributed by atoms with Gasteiger partial charge >= 0.3 is 6.18 Å². The molecule has 0 spiro atoms. The first kappa shape index (κ1) is 20.9. The first-order valence-corrected chi connectivity index (χ1v) is 10.5. The van der Waals surface area contributed by atoms with Crippen LogP contribution < -0.4 is 4.90 Å². The molecule has 1 aliphatic heterocycles. The second kappa shape index (κ2) is 7.88. The number of rotatable bonds is 3. The van der Waals surface area contributed by atoms with E-state index in [9.17, 15) is 21.6 Å². The van der Waals surface area contributed by atoms with Gasteiger partial charge in [0.05, 0.1) is 10.5 Å². The SMILES string of the molecule is Cc1c(Cl)cccc1S(=O)(=O)N1CCCN(c2ccc(C(F)(F)F)cn2)CC1. The predicted molar refractivity (Wildman–Crippen MR) is 101 cm³/mol. The van der Waals surface area contributed by atoms with Crippen LogP contribution in [-0.2, 0) is 16.2 Å². The minimum Gasteiger partial charge on any atom is -0.355 e. The first-order chi connectivity index (χ1) is 13.1. The molecule has 1 fully saturated rings. The van der Waals surface area contributed by atoms with Gasteiger partial charge in [0, 0.05) is 37.4 Å². The number of sulfonamides is 1. The van der Waals surface area contributed by atoms with Crippen molar-refractivity contribution in [2.45, 2.75) is 24.4 Å². The van der Waals surface area contributed by atoms with Gasteiger partial charge in [-0.15, -0.1) is 0 Å². The lowest BCUT2D eigenvalue weighted by atomic mass is 10.2. The van der Waals surface area contributed by atoms with Crippen molar-refractivity contribution in [2.24, 2.45) is 0 Å². The van der Waals surface area contributed by atoms with Crippen LogP contribution in [0.1, 0.15) is 17.5 Å². The fourth-order valence-electron chi connectivity index (χ4n) is 3.11. The Morgan fingerprint density at radius 1 is 1.07 bits per heavy atom. The summed E-state index contributed by atoms with van der Waals surface area (Å²) in [7, 11) is -3.72. The van der Waals surface area contributed by atoms with Crippen LogP contribution in [0.2, 0.25) is 5.02 Å². The molecule has 0 radical (unpaired) electrons. The van der Waals surface area contributed by atoms with Crippen LogP contribution in [0.3, 0.4) is 0 Å². The average Bonchev–Trinajstić information content (AvgIpc) is 2.90. The zero-order chi connectivity index (χ0) is 20.5. The Morgan fingerprint density at radius 2 is 1.82 bits per heavy atom. The summed E-state index contributed by atoms with van der Waals surface area (Å²) in [6.45, 7) is 3.00. The maximum absolute atomic E-state index is 13.0. The van der Waals surface area contributed by atoms with E-state index in [1.807, 2.05) is 0 Å². The summed E-state index contributed by atoms with van der Waals surface area (Å²) >= 11 is 6.06. The van der Waals surface area contributed by atoms with Crippen LogP contribution in [-0.4, -0.2) is 43.9 Å². The van der Waals surface area contributed by atoms with Crippen molar-refractivity contribution in [3.63, 3.8) is 0 Å². The zero-order valence-corrected chi connectivity index (χ0v) is 16.7. The molecule has 0 aliphatic carbocycles. The molecule has 1 aromatic heterocycles. The van der Waals surface area contributed by atoms with Gasteiger partial charge in [0.2, 0.25) is 10.0 Å². The third kappa shape index (κ3) is 4.26. The standard InChI is InChI=1S/C18H19ClF3N3O2S/c1-13-15(19)4-2-5-16(13)28(26,27)25-9-3-8-24(10-11-25)17-7-6-14(12-23-17)18(20,21)22/h2,4-7,12H,3,8-11H2,1H3. The highest BCUT2D eigenvalue weighted by atomic mass is 35.5. The molecular weight excluding hydrogens is 415 g/mol. The molecular formula is C18H19ClF3N3O2S. The van der Waals surface area contributed by atoms with E-state index < -0.39 is 21.8 Å². The summed E-state index contributed by atoms with van der Waals surface area (Å²) in [6, 6.07) is 7.05. The van der Waals surface area contributed by atoms with Crippen molar-refractivity contribution >= 4 is 27.4 Å². The van der Waals surface area contributed by atoms with Gasteiger partial charge < -0.3 is 4.90 Å². The molecule has 1 saturated heterocycles. The van der Waals surface area contributed by atoms with Crippen molar-refractivity contribution < 1.29 is 21.6 Å². The zero-order valence-electron chi connectivity index (χ0n) is 15.1. The van der Waals surface area contributed by atoms with Crippen molar-refractivity contribution in [3.05, 3.63) is 52.7 Å². The number of halogens is 4. The van der Waals surface area contributed by atoms with E-state index in [-0.39, 0.29) is 11.4 Å². The highest BCUT2D eigenvalue weighted by Gasteiger charge is 2.32. The van der Waals surface area contributed by atoms with E-state index in [4.69, 9.17) is 11.6 Å². The van der Waals surface area contributed by atoms with Crippen LogP contribution in [0.15, 0.2) is 41.4 Å². The lowest BCUT2D eigenvalue weighted by Gasteiger charge is -2.23. The number of hydrogen-bond acceptors (Lipinski definition) is 4. The number of aromatic nitrogens is 1. The smallest absolute Gasteiger partial charge is 0.355 e. The molecule has 2 heterocycles. The summed E-state index contributed by atoms with van der Waals surface area (Å²) in [5, 5.41) is 0.381. The number of benzene rings is 1. The Hall–Kier alpha value is -1.84. The van der Waals surface area contributed by atoms with E-state index in [1.165, 1.54) is 16.4 Å². The minimum atomic E-state index is -4.44. The Balaban J connectivity index is 1.77. The maximum atomic E-state index is 13.0. The Labute approximate surface area is 166 Å². The van der Waals surface area contributed by atoms with Gasteiger partial charge in [0.1, 0.15) is 5.82 Å². The van der Waals surface area contributed by atoms with Crippen molar-refractivity contribution in [3.8, 4) is 0 Å². The van der Waals surface area contributed by atoms with E-state index in [2.05, 4.69) is 4.98 Å². The van der Waals surface area contributed by atoms with E-state index in [1.54, 1.807) is 24.0 Å². The summed E-state index contributed by atoms with van der Waals surface area (Å²) in [6.07, 6.45) is -3.12. The third-order valence-electron chi connectivity index (χ3n) is 4.69. The first-order valence-electron chi connectivity index (χ1n) is 8.64.